The van der Waals surface area contributed by atoms with Crippen molar-refractivity contribution in [3.05, 3.63) is 222 Å². The predicted octanol–water partition coefficient (Wildman–Crippen LogP) is 16.2. The first-order valence-corrected chi connectivity index (χ1v) is 23.4. The fourth-order valence-corrected chi connectivity index (χ4v) is 9.47. The van der Waals surface area contributed by atoms with E-state index in [-0.39, 0.29) is 42.7 Å². The monoisotopic (exact) mass is 1070 g/mol. The summed E-state index contributed by atoms with van der Waals surface area (Å²) in [6.45, 7) is 25.1. The van der Waals surface area contributed by atoms with Crippen molar-refractivity contribution in [1.82, 2.24) is 9.55 Å². The maximum absolute atomic E-state index is 6.74. The molecule has 0 amide bonds. The molecule has 0 N–H and O–H groups in total. The van der Waals surface area contributed by atoms with E-state index in [1.807, 2.05) is 24.4 Å². The number of pyridine rings is 1. The number of para-hydroxylation sites is 1. The summed E-state index contributed by atoms with van der Waals surface area (Å²) in [4.78, 5) is 9.49. The van der Waals surface area contributed by atoms with Crippen LogP contribution in [0.5, 0.6) is 11.5 Å². The standard InChI is InChI=1S/C62H59N4O.Pt/c1-59(2,3)44-32-33-63-58(38-44)66-54-27-18-17-26-52(54)53-30-29-51(40-56(53)66)67-50-25-19-24-48(39-50)64-41-65(55-31-28-45(37-57(55)64)61(7,8)42-20-13-11-14-21-42)49-35-46(60(4,5)6)34-47(36-49)62(9,10)43-22-15-12-16-23-43;/h11-38,41H,1-10H3;/q-3;. The molecular weight excluding hydrogens is 1010 g/mol. The second-order valence-corrected chi connectivity index (χ2v) is 21.2. The third-order valence-corrected chi connectivity index (χ3v) is 13.9. The van der Waals surface area contributed by atoms with Crippen LogP contribution in [0.3, 0.4) is 0 Å². The van der Waals surface area contributed by atoms with Crippen molar-refractivity contribution < 1.29 is 25.8 Å². The molecule has 2 aromatic heterocycles. The van der Waals surface area contributed by atoms with Crippen LogP contribution in [0.2, 0.25) is 0 Å². The van der Waals surface area contributed by atoms with Gasteiger partial charge < -0.3 is 19.1 Å². The molecule has 0 unspecified atom stereocenters. The molecule has 1 aliphatic rings. The summed E-state index contributed by atoms with van der Waals surface area (Å²) < 4.78 is 8.94. The molecule has 6 heteroatoms. The number of benzene rings is 7. The number of hydrogen-bond donors (Lipinski definition) is 0. The third kappa shape index (κ3) is 8.56. The molecule has 0 saturated heterocycles. The summed E-state index contributed by atoms with van der Waals surface area (Å²) in [7, 11) is 0. The molecule has 3 heterocycles. The first kappa shape index (κ1) is 46.7. The van der Waals surface area contributed by atoms with E-state index in [1.54, 1.807) is 0 Å². The second-order valence-electron chi connectivity index (χ2n) is 21.2. The van der Waals surface area contributed by atoms with Crippen molar-refractivity contribution in [3.8, 4) is 17.3 Å². The fraction of sp³-hybridized carbons (Fsp3) is 0.226. The van der Waals surface area contributed by atoms with E-state index < -0.39 is 0 Å². The Morgan fingerprint density at radius 3 is 1.79 bits per heavy atom. The maximum Gasteiger partial charge on any atom is 0.135 e. The van der Waals surface area contributed by atoms with Crippen LogP contribution >= 0.6 is 0 Å². The zero-order valence-electron chi connectivity index (χ0n) is 40.8. The molecule has 0 atom stereocenters. The number of aromatic nitrogens is 2. The van der Waals surface area contributed by atoms with E-state index in [0.29, 0.717) is 11.5 Å². The Labute approximate surface area is 417 Å². The van der Waals surface area contributed by atoms with Gasteiger partial charge in [-0.2, -0.15) is 12.1 Å². The molecule has 0 saturated carbocycles. The van der Waals surface area contributed by atoms with Gasteiger partial charge in [0.2, 0.25) is 0 Å². The van der Waals surface area contributed by atoms with Gasteiger partial charge in [-0.15, -0.1) is 48.1 Å². The van der Waals surface area contributed by atoms with Crippen LogP contribution in [0.1, 0.15) is 103 Å². The van der Waals surface area contributed by atoms with Crippen LogP contribution in [-0.2, 0) is 42.7 Å². The molecule has 0 spiro atoms. The quantitative estimate of drug-likeness (QED) is 0.135. The SMILES string of the molecule is CC(C)(C)c1cc(N2[CH-]N(c3[c-]c(Oc4[c-]c5c(cc4)c4ccccc4n5-c4cc(C(C)(C)C)ccn4)ccc3)c3cc(C(C)(C)c4ccccc4)ccc32)cc(C(C)(C)c2ccccc2)c1.[Pt]. The molecule has 68 heavy (non-hydrogen) atoms. The predicted molar refractivity (Wildman–Crippen MR) is 279 cm³/mol. The summed E-state index contributed by atoms with van der Waals surface area (Å²) in [5, 5.41) is 2.23. The number of rotatable bonds is 9. The van der Waals surface area contributed by atoms with Crippen LogP contribution in [0.15, 0.2) is 170 Å². The van der Waals surface area contributed by atoms with E-state index in [9.17, 15) is 0 Å². The minimum atomic E-state index is -0.246. The smallest absolute Gasteiger partial charge is 0.135 e. The topological polar surface area (TPSA) is 33.5 Å². The minimum Gasteiger partial charge on any atom is -0.509 e. The molecule has 0 bridgehead atoms. The molecule has 0 fully saturated rings. The zero-order chi connectivity index (χ0) is 46.9. The van der Waals surface area contributed by atoms with Gasteiger partial charge in [0.25, 0.3) is 0 Å². The Bertz CT molecular complexity index is 3280. The number of hydrogen-bond acceptors (Lipinski definition) is 4. The summed E-state index contributed by atoms with van der Waals surface area (Å²) in [5.41, 5.74) is 13.1. The number of fused-ring (bicyclic) bond motifs is 4. The molecule has 1 aliphatic heterocycles. The van der Waals surface area contributed by atoms with E-state index in [0.717, 1.165) is 50.4 Å². The summed E-state index contributed by atoms with van der Waals surface area (Å²) in [5.74, 6) is 2.05. The summed E-state index contributed by atoms with van der Waals surface area (Å²) in [6, 6.07) is 66.1. The number of anilines is 4. The van der Waals surface area contributed by atoms with Gasteiger partial charge in [0, 0.05) is 72.2 Å². The van der Waals surface area contributed by atoms with Crippen LogP contribution < -0.4 is 14.5 Å². The average Bonchev–Trinajstić information content (AvgIpc) is 3.87. The van der Waals surface area contributed by atoms with Crippen LogP contribution in [-0.4, -0.2) is 9.55 Å². The van der Waals surface area contributed by atoms with E-state index in [2.05, 4.69) is 248 Å². The Morgan fingerprint density at radius 2 is 1.10 bits per heavy atom. The molecule has 7 aromatic carbocycles. The van der Waals surface area contributed by atoms with Crippen molar-refractivity contribution in [2.24, 2.45) is 0 Å². The first-order valence-electron chi connectivity index (χ1n) is 23.4. The molecule has 346 valence electrons. The normalized spacial score (nSPS) is 13.2. The molecule has 10 rings (SSSR count). The van der Waals surface area contributed by atoms with Crippen LogP contribution in [0.4, 0.5) is 22.7 Å². The average molecular weight is 1070 g/mol. The van der Waals surface area contributed by atoms with Crippen molar-refractivity contribution in [2.45, 2.75) is 90.9 Å². The van der Waals surface area contributed by atoms with Gasteiger partial charge in [-0.3, -0.25) is 0 Å². The maximum atomic E-state index is 6.74. The number of nitrogens with zero attached hydrogens (tertiary/aromatic N) is 4. The van der Waals surface area contributed by atoms with E-state index >= 15 is 0 Å². The second kappa shape index (κ2) is 17.6. The van der Waals surface area contributed by atoms with E-state index in [4.69, 9.17) is 9.72 Å². The van der Waals surface area contributed by atoms with Crippen LogP contribution in [0, 0.1) is 18.8 Å². The molecular formula is C62H59N4OPt-3. The van der Waals surface area contributed by atoms with Crippen molar-refractivity contribution in [2.75, 3.05) is 9.80 Å². The molecule has 0 aliphatic carbocycles. The van der Waals surface area contributed by atoms with Gasteiger partial charge in [0.15, 0.2) is 0 Å². The van der Waals surface area contributed by atoms with Gasteiger partial charge in [0.1, 0.15) is 5.82 Å². The van der Waals surface area contributed by atoms with E-state index in [1.165, 1.54) is 33.4 Å². The van der Waals surface area contributed by atoms with Gasteiger partial charge in [-0.25, -0.2) is 4.98 Å². The molecule has 5 nitrogen and oxygen atoms in total. The largest absolute Gasteiger partial charge is 0.509 e. The minimum absolute atomic E-state index is 0. The number of ether oxygens (including phenoxy) is 1. The third-order valence-electron chi connectivity index (χ3n) is 13.9. The van der Waals surface area contributed by atoms with Gasteiger partial charge >= 0.3 is 0 Å². The fourth-order valence-electron chi connectivity index (χ4n) is 9.47. The summed E-state index contributed by atoms with van der Waals surface area (Å²) in [6.07, 6.45) is 1.91. The van der Waals surface area contributed by atoms with Crippen molar-refractivity contribution in [1.29, 1.82) is 0 Å². The van der Waals surface area contributed by atoms with Crippen molar-refractivity contribution >= 4 is 44.6 Å². The zero-order valence-corrected chi connectivity index (χ0v) is 43.0. The van der Waals surface area contributed by atoms with Gasteiger partial charge in [-0.05, 0) is 92.1 Å². The Balaban J connectivity index is 0.00000578. The molecule has 0 radical (unpaired) electrons. The Morgan fingerprint density at radius 1 is 0.471 bits per heavy atom. The Hall–Kier alpha value is -6.42. The van der Waals surface area contributed by atoms with Gasteiger partial charge in [-0.1, -0.05) is 166 Å². The van der Waals surface area contributed by atoms with Gasteiger partial charge in [0.05, 0.1) is 0 Å². The van der Waals surface area contributed by atoms with Crippen LogP contribution in [0.25, 0.3) is 27.6 Å². The Kier molecular flexibility index (Phi) is 12.1. The van der Waals surface area contributed by atoms with Crippen molar-refractivity contribution in [3.63, 3.8) is 0 Å². The summed E-state index contributed by atoms with van der Waals surface area (Å²) >= 11 is 0. The molecule has 9 aromatic rings. The first-order chi connectivity index (χ1) is 32.0.